The van der Waals surface area contributed by atoms with E-state index in [1.165, 1.54) is 30.4 Å². The summed E-state index contributed by atoms with van der Waals surface area (Å²) in [6, 6.07) is 11.3. The van der Waals surface area contributed by atoms with Gasteiger partial charge in [-0.2, -0.15) is 0 Å². The van der Waals surface area contributed by atoms with E-state index in [9.17, 15) is 9.59 Å². The van der Waals surface area contributed by atoms with Gasteiger partial charge in [0.1, 0.15) is 0 Å². The molecule has 0 spiro atoms. The second-order valence-corrected chi connectivity index (χ2v) is 19.1. The molecule has 0 bridgehead atoms. The summed E-state index contributed by atoms with van der Waals surface area (Å²) in [4.78, 5) is 30.0. The fraction of sp³-hybridized carbons (Fsp3) is 0.741. The first-order valence-corrected chi connectivity index (χ1v) is 24.3. The summed E-state index contributed by atoms with van der Waals surface area (Å²) in [5, 5.41) is 3.60. The third kappa shape index (κ3) is 23.7. The molecule has 0 saturated heterocycles. The summed E-state index contributed by atoms with van der Waals surface area (Å²) in [6.45, 7) is 50.8. The highest BCUT2D eigenvalue weighted by Gasteiger charge is 2.34. The van der Waals surface area contributed by atoms with E-state index in [4.69, 9.17) is 11.6 Å². The maximum absolute atomic E-state index is 12.8. The van der Waals surface area contributed by atoms with Crippen LogP contribution in [0.5, 0.6) is 0 Å². The van der Waals surface area contributed by atoms with E-state index in [2.05, 4.69) is 141 Å². The average Bonchev–Trinajstić information content (AvgIpc) is 3.19. The van der Waals surface area contributed by atoms with Gasteiger partial charge >= 0.3 is 0 Å². The molecule has 0 aliphatic rings. The van der Waals surface area contributed by atoms with Crippen LogP contribution in [0.1, 0.15) is 175 Å². The van der Waals surface area contributed by atoms with Crippen LogP contribution < -0.4 is 5.32 Å². The number of carbonyl (C=O) groups is 2. The molecule has 0 fully saturated rings. The Hall–Kier alpha value is -2.37. The van der Waals surface area contributed by atoms with Crippen LogP contribution in [0.25, 0.3) is 0 Å². The average molecular weight is 859 g/mol. The van der Waals surface area contributed by atoms with Gasteiger partial charge in [0, 0.05) is 42.0 Å². The van der Waals surface area contributed by atoms with E-state index in [1.54, 1.807) is 0 Å². The van der Waals surface area contributed by atoms with Crippen LogP contribution in [0.4, 0.5) is 0 Å². The van der Waals surface area contributed by atoms with Crippen LogP contribution in [0.3, 0.4) is 0 Å². The zero-order valence-electron chi connectivity index (χ0n) is 43.2. The molecule has 0 saturated carbocycles. The van der Waals surface area contributed by atoms with Crippen molar-refractivity contribution in [2.45, 2.75) is 200 Å². The fourth-order valence-electron chi connectivity index (χ4n) is 8.40. The largest absolute Gasteiger partial charge is 0.348 e. The second-order valence-electron chi connectivity index (χ2n) is 18.7. The smallest absolute Gasteiger partial charge is 0.225 e. The lowest BCUT2D eigenvalue weighted by molar-refractivity contribution is -0.139. The monoisotopic (exact) mass is 858 g/mol. The van der Waals surface area contributed by atoms with Gasteiger partial charge in [-0.1, -0.05) is 202 Å². The molecular weight excluding hydrogens is 758 g/mol. The predicted molar refractivity (Wildman–Crippen MR) is 270 cm³/mol. The number of hydrogen-bond donors (Lipinski definition) is 1. The molecule has 0 aromatic heterocycles. The van der Waals surface area contributed by atoms with Crippen molar-refractivity contribution >= 4 is 23.4 Å². The molecule has 9 atom stereocenters. The Bertz CT molecular complexity index is 1310. The van der Waals surface area contributed by atoms with Crippen molar-refractivity contribution in [3.8, 4) is 0 Å². The summed E-state index contributed by atoms with van der Waals surface area (Å²) < 4.78 is 0. The molecule has 1 N–H and O–H groups in total. The van der Waals surface area contributed by atoms with Gasteiger partial charge in [0.25, 0.3) is 0 Å². The predicted octanol–water partition coefficient (Wildman–Crippen LogP) is 15.1. The fourth-order valence-corrected chi connectivity index (χ4v) is 8.53. The maximum atomic E-state index is 12.8. The summed E-state index contributed by atoms with van der Waals surface area (Å²) in [7, 11) is 4.17. The first-order valence-electron chi connectivity index (χ1n) is 23.9. The number of allylic oxidation sites excluding steroid dienone is 1. The highest BCUT2D eigenvalue weighted by Crippen LogP contribution is 2.31. The molecule has 6 heteroatoms. The molecule has 60 heavy (non-hydrogen) atoms. The minimum atomic E-state index is -0.234. The van der Waals surface area contributed by atoms with Crippen LogP contribution in [-0.4, -0.2) is 59.9 Å². The number of halogens is 1. The second kappa shape index (κ2) is 34.2. The van der Waals surface area contributed by atoms with Crippen molar-refractivity contribution in [2.75, 3.05) is 14.1 Å². The Balaban J connectivity index is -0.000000840. The van der Waals surface area contributed by atoms with Gasteiger partial charge in [-0.25, -0.2) is 0 Å². The third-order valence-corrected chi connectivity index (χ3v) is 12.9. The van der Waals surface area contributed by atoms with Gasteiger partial charge in [0.05, 0.1) is 6.04 Å². The number of benzene rings is 1. The normalized spacial score (nSPS) is 15.6. The van der Waals surface area contributed by atoms with Gasteiger partial charge < -0.3 is 10.2 Å². The number of likely N-dealkylation sites (N-methyl/N-ethyl adjacent to an activating group) is 1. The summed E-state index contributed by atoms with van der Waals surface area (Å²) in [5.41, 5.74) is 3.62. The molecular formula is C54H100ClN3O2. The van der Waals surface area contributed by atoms with Crippen molar-refractivity contribution in [1.82, 2.24) is 15.1 Å². The Morgan fingerprint density at radius 3 is 1.63 bits per heavy atom. The Kier molecular flexibility index (Phi) is 35.3. The lowest BCUT2D eigenvalue weighted by Crippen LogP contribution is -2.48. The van der Waals surface area contributed by atoms with E-state index >= 15 is 0 Å². The lowest BCUT2D eigenvalue weighted by atomic mass is 9.78. The first kappa shape index (κ1) is 61.9. The third-order valence-electron chi connectivity index (χ3n) is 12.7. The van der Waals surface area contributed by atoms with E-state index in [0.717, 1.165) is 31.2 Å². The van der Waals surface area contributed by atoms with Gasteiger partial charge in [-0.3, -0.25) is 14.5 Å². The maximum Gasteiger partial charge on any atom is 0.225 e. The number of unbranched alkanes of at least 4 members (excludes halogenated alkanes) is 1. The molecule has 350 valence electrons. The van der Waals surface area contributed by atoms with Crippen LogP contribution in [0.2, 0.25) is 0 Å². The molecule has 0 aliphatic heterocycles. The molecule has 0 radical (unpaired) electrons. The number of hydrogen-bond acceptors (Lipinski definition) is 3. The lowest BCUT2D eigenvalue weighted by Gasteiger charge is -2.40. The quantitative estimate of drug-likeness (QED) is 0.105. The zero-order valence-corrected chi connectivity index (χ0v) is 43.9. The van der Waals surface area contributed by atoms with Crippen molar-refractivity contribution in [1.29, 1.82) is 0 Å². The zero-order chi connectivity index (χ0) is 47.4. The summed E-state index contributed by atoms with van der Waals surface area (Å²) in [5.74, 6) is 3.44. The van der Waals surface area contributed by atoms with Crippen LogP contribution in [0.15, 0.2) is 66.2 Å². The van der Waals surface area contributed by atoms with Crippen LogP contribution in [0, 0.1) is 47.3 Å². The molecule has 1 rings (SSSR count). The van der Waals surface area contributed by atoms with E-state index in [0.29, 0.717) is 65.1 Å². The van der Waals surface area contributed by atoms with Gasteiger partial charge in [0.2, 0.25) is 11.8 Å². The molecule has 1 aromatic carbocycles. The Labute approximate surface area is 380 Å². The van der Waals surface area contributed by atoms with E-state index in [1.807, 2.05) is 63.1 Å². The standard InChI is InChI=1S/C22H34ClNO.C19H37NO.C11H23N.C2H6/c1-6-8-12-16(3)20(7-2)17(4)22(25)24-21(18(5)23)15-19-13-10-9-11-14-19;1-10-15(7)18(17(11-2)12-13(3)4)20(9)19(21)16(8)14(5)6;1-8(2)11(9(3)4)12(7)10(5)6;1-2/h9-11,13-14,16-17,20-21H,5-8,12,15H2,1-4H3,(H,24,25);14-18H,3,10-12H2,1-2,4-9H3;9-11H,1H2,2-7H3;1-2H3/t;15?,16-,17?,18?;;/m.0../s1. The number of rotatable bonds is 24. The number of nitrogens with zero attached hydrogens (tertiary/aromatic N) is 2. The SMILES string of the molecule is C=C(C)C(C(C)C)N(C)C(C)C.C=C(C)CC(CC)C(C(C)CC)N(C)C(=O)[C@@H](C)C(C)C.C=C(Cl)C(Cc1ccccc1)NC(=O)C(C)C(CC)C(C)CCCC.CC. The van der Waals surface area contributed by atoms with Crippen molar-refractivity contribution in [3.63, 3.8) is 0 Å². The molecule has 5 nitrogen and oxygen atoms in total. The Morgan fingerprint density at radius 2 is 1.28 bits per heavy atom. The minimum absolute atomic E-state index is 0.0221. The minimum Gasteiger partial charge on any atom is -0.348 e. The van der Waals surface area contributed by atoms with Crippen LogP contribution >= 0.6 is 11.6 Å². The molecule has 0 aliphatic carbocycles. The summed E-state index contributed by atoms with van der Waals surface area (Å²) in [6.07, 6.45) is 8.50. The first-order chi connectivity index (χ1) is 27.9. The van der Waals surface area contributed by atoms with Crippen molar-refractivity contribution in [2.24, 2.45) is 47.3 Å². The number of nitrogens with one attached hydrogen (secondary N) is 1. The van der Waals surface area contributed by atoms with E-state index in [-0.39, 0.29) is 29.7 Å². The Morgan fingerprint density at radius 1 is 0.750 bits per heavy atom. The number of carbonyl (C=O) groups excluding carboxylic acids is 2. The highest BCUT2D eigenvalue weighted by molar-refractivity contribution is 6.30. The molecule has 8 unspecified atom stereocenters. The van der Waals surface area contributed by atoms with Gasteiger partial charge in [0.15, 0.2) is 0 Å². The van der Waals surface area contributed by atoms with Crippen molar-refractivity contribution < 1.29 is 9.59 Å². The topological polar surface area (TPSA) is 52.6 Å². The summed E-state index contributed by atoms with van der Waals surface area (Å²) >= 11 is 6.18. The number of amides is 2. The van der Waals surface area contributed by atoms with Gasteiger partial charge in [-0.15, -0.1) is 6.58 Å². The highest BCUT2D eigenvalue weighted by atomic mass is 35.5. The van der Waals surface area contributed by atoms with Gasteiger partial charge in [-0.05, 0) is 88.7 Å². The van der Waals surface area contributed by atoms with Crippen LogP contribution in [-0.2, 0) is 16.0 Å². The molecule has 2 amide bonds. The van der Waals surface area contributed by atoms with Crippen molar-refractivity contribution in [3.05, 3.63) is 71.8 Å². The molecule has 0 heterocycles. The molecule has 1 aromatic rings. The van der Waals surface area contributed by atoms with E-state index < -0.39 is 0 Å².